The lowest BCUT2D eigenvalue weighted by Crippen LogP contribution is -2.03. The summed E-state index contributed by atoms with van der Waals surface area (Å²) in [6, 6.07) is 6.58. The zero-order valence-corrected chi connectivity index (χ0v) is 9.23. The first kappa shape index (κ1) is 12.1. The van der Waals surface area contributed by atoms with Crippen molar-refractivity contribution in [3.8, 4) is 11.8 Å². The maximum Gasteiger partial charge on any atom is 0.335 e. The van der Waals surface area contributed by atoms with E-state index in [0.29, 0.717) is 5.75 Å². The van der Waals surface area contributed by atoms with Gasteiger partial charge in [-0.3, -0.25) is 0 Å². The standard InChI is InChI=1S/C12H13NO3/c1-8(2)10-4-3-9(12(14)15)7-11(10)16-6-5-13/h3-4,7-8H,6H2,1-2H3,(H,14,15). The van der Waals surface area contributed by atoms with E-state index in [2.05, 4.69) is 0 Å². The Morgan fingerprint density at radius 1 is 1.56 bits per heavy atom. The second-order valence-electron chi connectivity index (χ2n) is 3.66. The SMILES string of the molecule is CC(C)c1ccc(C(=O)O)cc1OCC#N. The summed E-state index contributed by atoms with van der Waals surface area (Å²) in [5, 5.41) is 17.3. The molecule has 0 heterocycles. The molecule has 0 fully saturated rings. The van der Waals surface area contributed by atoms with Gasteiger partial charge in [-0.1, -0.05) is 19.9 Å². The number of carboxylic acids is 1. The van der Waals surface area contributed by atoms with Crippen LogP contribution < -0.4 is 4.74 Å². The summed E-state index contributed by atoms with van der Waals surface area (Å²) in [6.45, 7) is 3.88. The van der Waals surface area contributed by atoms with Gasteiger partial charge in [0.05, 0.1) is 5.56 Å². The first-order chi connectivity index (χ1) is 7.56. The van der Waals surface area contributed by atoms with Crippen molar-refractivity contribution in [3.63, 3.8) is 0 Å². The van der Waals surface area contributed by atoms with Crippen LogP contribution in [0.1, 0.15) is 35.7 Å². The van der Waals surface area contributed by atoms with Crippen molar-refractivity contribution >= 4 is 5.97 Å². The molecule has 1 aromatic rings. The Labute approximate surface area is 94.1 Å². The quantitative estimate of drug-likeness (QED) is 0.844. The minimum Gasteiger partial charge on any atom is -0.478 e. The van der Waals surface area contributed by atoms with Gasteiger partial charge in [0, 0.05) is 0 Å². The number of carbonyl (C=O) groups is 1. The molecule has 0 saturated carbocycles. The van der Waals surface area contributed by atoms with Crippen LogP contribution in [0.4, 0.5) is 0 Å². The fourth-order valence-corrected chi connectivity index (χ4v) is 1.38. The Balaban J connectivity index is 3.11. The summed E-state index contributed by atoms with van der Waals surface area (Å²) in [5.74, 6) is -0.315. The molecule has 1 N–H and O–H groups in total. The molecule has 0 aliphatic rings. The van der Waals surface area contributed by atoms with E-state index in [1.807, 2.05) is 19.9 Å². The monoisotopic (exact) mass is 219 g/mol. The van der Waals surface area contributed by atoms with E-state index in [-0.39, 0.29) is 18.1 Å². The number of benzene rings is 1. The number of hydrogen-bond acceptors (Lipinski definition) is 3. The first-order valence-electron chi connectivity index (χ1n) is 4.93. The summed E-state index contributed by atoms with van der Waals surface area (Å²) in [4.78, 5) is 10.8. The lowest BCUT2D eigenvalue weighted by atomic mass is 10.0. The van der Waals surface area contributed by atoms with E-state index < -0.39 is 5.97 Å². The molecule has 0 amide bonds. The zero-order valence-electron chi connectivity index (χ0n) is 9.23. The molecule has 1 rings (SSSR count). The largest absolute Gasteiger partial charge is 0.478 e. The van der Waals surface area contributed by atoms with Crippen molar-refractivity contribution < 1.29 is 14.6 Å². The molecule has 0 radical (unpaired) electrons. The Morgan fingerprint density at radius 2 is 2.25 bits per heavy atom. The summed E-state index contributed by atoms with van der Waals surface area (Å²) in [5.41, 5.74) is 1.07. The number of ether oxygens (including phenoxy) is 1. The van der Waals surface area contributed by atoms with Gasteiger partial charge >= 0.3 is 5.97 Å². The highest BCUT2D eigenvalue weighted by Gasteiger charge is 2.11. The molecule has 0 aromatic heterocycles. The van der Waals surface area contributed by atoms with Crippen LogP contribution in [0.2, 0.25) is 0 Å². The normalized spacial score (nSPS) is 9.88. The Morgan fingerprint density at radius 3 is 2.75 bits per heavy atom. The van der Waals surface area contributed by atoms with Gasteiger partial charge in [-0.15, -0.1) is 0 Å². The highest BCUT2D eigenvalue weighted by atomic mass is 16.5. The van der Waals surface area contributed by atoms with Gasteiger partial charge in [0.2, 0.25) is 0 Å². The molecule has 0 saturated heterocycles. The highest BCUT2D eigenvalue weighted by molar-refractivity contribution is 5.88. The third-order valence-corrected chi connectivity index (χ3v) is 2.17. The van der Waals surface area contributed by atoms with Gasteiger partial charge < -0.3 is 9.84 Å². The summed E-state index contributed by atoms with van der Waals surface area (Å²) >= 11 is 0. The van der Waals surface area contributed by atoms with Crippen LogP contribution in [-0.2, 0) is 0 Å². The maximum absolute atomic E-state index is 10.8. The summed E-state index contributed by atoms with van der Waals surface area (Å²) < 4.78 is 5.21. The van der Waals surface area contributed by atoms with Crippen LogP contribution in [0.3, 0.4) is 0 Å². The van der Waals surface area contributed by atoms with Gasteiger partial charge in [-0.2, -0.15) is 5.26 Å². The molecule has 0 unspecified atom stereocenters. The Kier molecular flexibility index (Phi) is 3.90. The minimum absolute atomic E-state index is 0.0806. The molecule has 0 aliphatic carbocycles. The molecule has 4 heteroatoms. The first-order valence-corrected chi connectivity index (χ1v) is 4.93. The summed E-state index contributed by atoms with van der Waals surface area (Å²) in [7, 11) is 0. The molecule has 0 atom stereocenters. The molecular formula is C12H13NO3. The van der Waals surface area contributed by atoms with Crippen LogP contribution >= 0.6 is 0 Å². The van der Waals surface area contributed by atoms with E-state index in [4.69, 9.17) is 15.1 Å². The molecule has 0 spiro atoms. The van der Waals surface area contributed by atoms with E-state index in [1.165, 1.54) is 12.1 Å². The van der Waals surface area contributed by atoms with Gasteiger partial charge in [0.25, 0.3) is 0 Å². The van der Waals surface area contributed by atoms with Crippen molar-refractivity contribution in [2.45, 2.75) is 19.8 Å². The molecule has 16 heavy (non-hydrogen) atoms. The second-order valence-corrected chi connectivity index (χ2v) is 3.66. The van der Waals surface area contributed by atoms with E-state index >= 15 is 0 Å². The molecule has 4 nitrogen and oxygen atoms in total. The minimum atomic E-state index is -1.00. The predicted octanol–water partition coefficient (Wildman–Crippen LogP) is 2.41. The van der Waals surface area contributed by atoms with Crippen LogP contribution in [-0.4, -0.2) is 17.7 Å². The Hall–Kier alpha value is -2.02. The van der Waals surface area contributed by atoms with Crippen LogP contribution in [0, 0.1) is 11.3 Å². The number of rotatable bonds is 4. The average molecular weight is 219 g/mol. The fourth-order valence-electron chi connectivity index (χ4n) is 1.38. The van der Waals surface area contributed by atoms with Crippen molar-refractivity contribution in [2.24, 2.45) is 0 Å². The smallest absolute Gasteiger partial charge is 0.335 e. The Bertz CT molecular complexity index is 432. The van der Waals surface area contributed by atoms with Crippen molar-refractivity contribution in [1.82, 2.24) is 0 Å². The molecule has 84 valence electrons. The van der Waals surface area contributed by atoms with Crippen LogP contribution in [0.15, 0.2) is 18.2 Å². The predicted molar refractivity (Wildman–Crippen MR) is 58.6 cm³/mol. The number of nitriles is 1. The average Bonchev–Trinajstić information content (AvgIpc) is 2.25. The van der Waals surface area contributed by atoms with Crippen LogP contribution in [0.25, 0.3) is 0 Å². The number of aromatic carboxylic acids is 1. The number of carboxylic acid groups (broad SMARTS) is 1. The van der Waals surface area contributed by atoms with Gasteiger partial charge in [-0.25, -0.2) is 4.79 Å². The zero-order chi connectivity index (χ0) is 12.1. The van der Waals surface area contributed by atoms with Crippen LogP contribution in [0.5, 0.6) is 5.75 Å². The van der Waals surface area contributed by atoms with E-state index in [1.54, 1.807) is 6.07 Å². The molecule has 1 aromatic carbocycles. The highest BCUT2D eigenvalue weighted by Crippen LogP contribution is 2.27. The van der Waals surface area contributed by atoms with Gasteiger partial charge in [0.15, 0.2) is 6.61 Å². The lowest BCUT2D eigenvalue weighted by Gasteiger charge is -2.12. The third kappa shape index (κ3) is 2.74. The molecular weight excluding hydrogens is 206 g/mol. The second kappa shape index (κ2) is 5.17. The third-order valence-electron chi connectivity index (χ3n) is 2.17. The fraction of sp³-hybridized carbons (Fsp3) is 0.333. The van der Waals surface area contributed by atoms with E-state index in [9.17, 15) is 4.79 Å². The van der Waals surface area contributed by atoms with Crippen molar-refractivity contribution in [3.05, 3.63) is 29.3 Å². The lowest BCUT2D eigenvalue weighted by molar-refractivity contribution is 0.0696. The molecule has 0 aliphatic heterocycles. The topological polar surface area (TPSA) is 70.3 Å². The van der Waals surface area contributed by atoms with Crippen molar-refractivity contribution in [2.75, 3.05) is 6.61 Å². The van der Waals surface area contributed by atoms with E-state index in [0.717, 1.165) is 5.56 Å². The summed E-state index contributed by atoms with van der Waals surface area (Å²) in [6.07, 6.45) is 0. The van der Waals surface area contributed by atoms with Crippen molar-refractivity contribution in [1.29, 1.82) is 5.26 Å². The van der Waals surface area contributed by atoms with Gasteiger partial charge in [0.1, 0.15) is 11.8 Å². The maximum atomic E-state index is 10.8. The molecule has 0 bridgehead atoms. The number of hydrogen-bond donors (Lipinski definition) is 1. The van der Waals surface area contributed by atoms with Gasteiger partial charge in [-0.05, 0) is 23.6 Å². The number of nitrogens with zero attached hydrogens (tertiary/aromatic N) is 1.